The van der Waals surface area contributed by atoms with E-state index in [9.17, 15) is 14.7 Å². The normalized spacial score (nSPS) is 13.4. The summed E-state index contributed by atoms with van der Waals surface area (Å²) in [6.45, 7) is 0.902. The Morgan fingerprint density at radius 3 is 2.85 bits per heavy atom. The number of rotatable bonds is 8. The SMILES string of the molecule is O=C(CCCOc1ccccc1Cl)NC(C(=O)O)c1ccc2c(c1)CCO2. The summed E-state index contributed by atoms with van der Waals surface area (Å²) in [5, 5.41) is 12.6. The van der Waals surface area contributed by atoms with Crippen molar-refractivity contribution in [2.24, 2.45) is 0 Å². The molecule has 0 spiro atoms. The van der Waals surface area contributed by atoms with Crippen molar-refractivity contribution in [3.05, 3.63) is 58.6 Å². The van der Waals surface area contributed by atoms with Crippen LogP contribution in [0.5, 0.6) is 11.5 Å². The minimum atomic E-state index is -1.10. The van der Waals surface area contributed by atoms with Crippen LogP contribution >= 0.6 is 11.6 Å². The molecule has 3 rings (SSSR count). The van der Waals surface area contributed by atoms with Crippen LogP contribution in [0.15, 0.2) is 42.5 Å². The number of hydrogen-bond acceptors (Lipinski definition) is 4. The Hall–Kier alpha value is -2.73. The van der Waals surface area contributed by atoms with Gasteiger partial charge in [0.25, 0.3) is 0 Å². The third kappa shape index (κ3) is 4.92. The number of fused-ring (bicyclic) bond motifs is 1. The molecule has 0 fully saturated rings. The molecule has 1 aliphatic heterocycles. The Bertz CT molecular complexity index is 839. The summed E-state index contributed by atoms with van der Waals surface area (Å²) >= 11 is 6.00. The second-order valence-corrected chi connectivity index (χ2v) is 6.59. The van der Waals surface area contributed by atoms with E-state index in [0.717, 1.165) is 17.7 Å². The molecule has 0 saturated heterocycles. The van der Waals surface area contributed by atoms with Crippen LogP contribution in [0.2, 0.25) is 5.02 Å². The number of carboxylic acids is 1. The summed E-state index contributed by atoms with van der Waals surface area (Å²) in [4.78, 5) is 23.8. The number of carboxylic acid groups (broad SMARTS) is 1. The third-order valence-corrected chi connectivity index (χ3v) is 4.55. The first-order valence-electron chi connectivity index (χ1n) is 8.69. The van der Waals surface area contributed by atoms with Gasteiger partial charge in [0.05, 0.1) is 18.2 Å². The van der Waals surface area contributed by atoms with Gasteiger partial charge in [0, 0.05) is 12.8 Å². The number of halogens is 1. The van der Waals surface area contributed by atoms with Gasteiger partial charge in [0.2, 0.25) is 5.91 Å². The van der Waals surface area contributed by atoms with E-state index >= 15 is 0 Å². The molecule has 1 heterocycles. The third-order valence-electron chi connectivity index (χ3n) is 4.24. The van der Waals surface area contributed by atoms with Crippen molar-refractivity contribution >= 4 is 23.5 Å². The number of aliphatic carboxylic acids is 1. The number of carbonyl (C=O) groups excluding carboxylic acids is 1. The Labute approximate surface area is 162 Å². The molecule has 0 radical (unpaired) electrons. The first-order valence-corrected chi connectivity index (χ1v) is 9.07. The lowest BCUT2D eigenvalue weighted by molar-refractivity contribution is -0.142. The fraction of sp³-hybridized carbons (Fsp3) is 0.300. The van der Waals surface area contributed by atoms with E-state index in [1.165, 1.54) is 0 Å². The molecule has 1 amide bonds. The van der Waals surface area contributed by atoms with E-state index in [2.05, 4.69) is 5.32 Å². The van der Waals surface area contributed by atoms with E-state index < -0.39 is 12.0 Å². The topological polar surface area (TPSA) is 84.9 Å². The molecular formula is C20H20ClNO5. The van der Waals surface area contributed by atoms with Gasteiger partial charge < -0.3 is 19.9 Å². The number of benzene rings is 2. The zero-order valence-corrected chi connectivity index (χ0v) is 15.4. The maximum atomic E-state index is 12.2. The smallest absolute Gasteiger partial charge is 0.330 e. The maximum absolute atomic E-state index is 12.2. The quantitative estimate of drug-likeness (QED) is 0.676. The van der Waals surface area contributed by atoms with Crippen LogP contribution in [-0.2, 0) is 16.0 Å². The average molecular weight is 390 g/mol. The first-order chi connectivity index (χ1) is 13.0. The van der Waals surface area contributed by atoms with Gasteiger partial charge >= 0.3 is 5.97 Å². The molecule has 7 heteroatoms. The number of carbonyl (C=O) groups is 2. The van der Waals surface area contributed by atoms with E-state index in [4.69, 9.17) is 21.1 Å². The molecule has 2 aromatic rings. The lowest BCUT2D eigenvalue weighted by Crippen LogP contribution is -2.33. The largest absolute Gasteiger partial charge is 0.493 e. The molecule has 142 valence electrons. The van der Waals surface area contributed by atoms with Crippen LogP contribution in [0.4, 0.5) is 0 Å². The lowest BCUT2D eigenvalue weighted by atomic mass is 10.0. The van der Waals surface area contributed by atoms with Crippen LogP contribution in [-0.4, -0.2) is 30.2 Å². The summed E-state index contributed by atoms with van der Waals surface area (Å²) < 4.78 is 11.0. The summed E-state index contributed by atoms with van der Waals surface area (Å²) in [5.74, 6) is -0.120. The second kappa shape index (κ2) is 8.77. The van der Waals surface area contributed by atoms with Crippen LogP contribution in [0.3, 0.4) is 0 Å². The van der Waals surface area contributed by atoms with Crippen molar-refractivity contribution < 1.29 is 24.2 Å². The number of ether oxygens (including phenoxy) is 2. The van der Waals surface area contributed by atoms with Crippen molar-refractivity contribution in [2.75, 3.05) is 13.2 Å². The van der Waals surface area contributed by atoms with Crippen LogP contribution < -0.4 is 14.8 Å². The zero-order valence-electron chi connectivity index (χ0n) is 14.6. The second-order valence-electron chi connectivity index (χ2n) is 6.19. The predicted molar refractivity (Wildman–Crippen MR) is 100 cm³/mol. The minimum Gasteiger partial charge on any atom is -0.493 e. The summed E-state index contributed by atoms with van der Waals surface area (Å²) in [6.07, 6.45) is 1.34. The summed E-state index contributed by atoms with van der Waals surface area (Å²) in [5.41, 5.74) is 1.49. The highest BCUT2D eigenvalue weighted by Crippen LogP contribution is 2.28. The molecule has 1 aliphatic rings. The molecule has 2 N–H and O–H groups in total. The molecule has 2 aromatic carbocycles. The molecule has 1 atom stereocenters. The lowest BCUT2D eigenvalue weighted by Gasteiger charge is -2.16. The van der Waals surface area contributed by atoms with Crippen LogP contribution in [0.25, 0.3) is 0 Å². The molecule has 1 unspecified atom stereocenters. The predicted octanol–water partition coefficient (Wildman–Crippen LogP) is 3.38. The minimum absolute atomic E-state index is 0.155. The highest BCUT2D eigenvalue weighted by Gasteiger charge is 2.24. The van der Waals surface area contributed by atoms with E-state index in [1.807, 2.05) is 6.07 Å². The van der Waals surface area contributed by atoms with Crippen molar-refractivity contribution in [1.29, 1.82) is 0 Å². The maximum Gasteiger partial charge on any atom is 0.330 e. The number of para-hydroxylation sites is 1. The summed E-state index contributed by atoms with van der Waals surface area (Å²) in [6, 6.07) is 11.2. The Balaban J connectivity index is 1.52. The van der Waals surface area contributed by atoms with Crippen molar-refractivity contribution in [2.45, 2.75) is 25.3 Å². The molecule has 0 aromatic heterocycles. The number of amides is 1. The van der Waals surface area contributed by atoms with Crippen molar-refractivity contribution in [3.63, 3.8) is 0 Å². The van der Waals surface area contributed by atoms with Crippen molar-refractivity contribution in [1.82, 2.24) is 5.32 Å². The van der Waals surface area contributed by atoms with Gasteiger partial charge in [-0.25, -0.2) is 4.79 Å². The zero-order chi connectivity index (χ0) is 19.2. The number of hydrogen-bond donors (Lipinski definition) is 2. The standard InChI is InChI=1S/C20H20ClNO5/c21-15-4-1-2-5-17(15)26-10-3-6-18(23)22-19(20(24)25)14-7-8-16-13(12-14)9-11-27-16/h1-2,4-5,7-8,12,19H,3,6,9-11H2,(H,22,23)(H,24,25). The van der Waals surface area contributed by atoms with Gasteiger partial charge in [0.15, 0.2) is 6.04 Å². The van der Waals surface area contributed by atoms with E-state index in [0.29, 0.717) is 36.0 Å². The van der Waals surface area contributed by atoms with Crippen LogP contribution in [0.1, 0.15) is 30.0 Å². The van der Waals surface area contributed by atoms with E-state index in [-0.39, 0.29) is 12.3 Å². The monoisotopic (exact) mass is 389 g/mol. The van der Waals surface area contributed by atoms with Gasteiger partial charge in [-0.05, 0) is 41.8 Å². The molecule has 27 heavy (non-hydrogen) atoms. The van der Waals surface area contributed by atoms with Crippen molar-refractivity contribution in [3.8, 4) is 11.5 Å². The fourth-order valence-electron chi connectivity index (χ4n) is 2.88. The van der Waals surface area contributed by atoms with Gasteiger partial charge in [-0.3, -0.25) is 4.79 Å². The highest BCUT2D eigenvalue weighted by molar-refractivity contribution is 6.32. The Morgan fingerprint density at radius 2 is 2.07 bits per heavy atom. The van der Waals surface area contributed by atoms with Gasteiger partial charge in [0.1, 0.15) is 11.5 Å². The fourth-order valence-corrected chi connectivity index (χ4v) is 3.07. The van der Waals surface area contributed by atoms with Crippen LogP contribution in [0, 0.1) is 0 Å². The Morgan fingerprint density at radius 1 is 1.26 bits per heavy atom. The number of nitrogens with one attached hydrogen (secondary N) is 1. The average Bonchev–Trinajstić information content (AvgIpc) is 3.12. The first kappa shape index (κ1) is 19.0. The molecule has 0 aliphatic carbocycles. The molecule has 6 nitrogen and oxygen atoms in total. The molecular weight excluding hydrogens is 370 g/mol. The van der Waals surface area contributed by atoms with E-state index in [1.54, 1.807) is 36.4 Å². The van der Waals surface area contributed by atoms with Gasteiger partial charge in [-0.1, -0.05) is 29.8 Å². The van der Waals surface area contributed by atoms with Gasteiger partial charge in [-0.2, -0.15) is 0 Å². The molecule has 0 bridgehead atoms. The summed E-state index contributed by atoms with van der Waals surface area (Å²) in [7, 11) is 0. The van der Waals surface area contributed by atoms with Gasteiger partial charge in [-0.15, -0.1) is 0 Å². The molecule has 0 saturated carbocycles. The Kier molecular flexibility index (Phi) is 6.19. The highest BCUT2D eigenvalue weighted by atomic mass is 35.5.